The van der Waals surface area contributed by atoms with Gasteiger partial charge in [0.1, 0.15) is 4.88 Å². The molecule has 2 rings (SSSR count). The summed E-state index contributed by atoms with van der Waals surface area (Å²) in [6.45, 7) is 5.29. The zero-order valence-electron chi connectivity index (χ0n) is 11.7. The lowest BCUT2D eigenvalue weighted by molar-refractivity contribution is -0.129. The second-order valence-corrected chi connectivity index (χ2v) is 5.94. The van der Waals surface area contributed by atoms with Gasteiger partial charge in [0.05, 0.1) is 0 Å². The molecule has 0 aliphatic rings. The van der Waals surface area contributed by atoms with Crippen LogP contribution in [0.25, 0.3) is 10.1 Å². The van der Waals surface area contributed by atoms with E-state index >= 15 is 0 Å². The summed E-state index contributed by atoms with van der Waals surface area (Å²) >= 11 is 1.37. The molecule has 1 atom stereocenters. The normalized spacial score (nSPS) is 12.4. The molecule has 2 aromatic rings. The lowest BCUT2D eigenvalue weighted by Gasteiger charge is -2.14. The number of amides is 1. The first-order valence-electron chi connectivity index (χ1n) is 6.47. The molecule has 0 spiro atoms. The van der Waals surface area contributed by atoms with E-state index in [-0.39, 0.29) is 11.9 Å². The quantitative estimate of drug-likeness (QED) is 0.881. The zero-order valence-corrected chi connectivity index (χ0v) is 12.5. The molecule has 0 fully saturated rings. The van der Waals surface area contributed by atoms with Crippen molar-refractivity contribution in [2.75, 3.05) is 0 Å². The highest BCUT2D eigenvalue weighted by atomic mass is 32.1. The lowest BCUT2D eigenvalue weighted by atomic mass is 10.2. The summed E-state index contributed by atoms with van der Waals surface area (Å²) in [7, 11) is 0. The van der Waals surface area contributed by atoms with Gasteiger partial charge in [0.15, 0.2) is 6.10 Å². The molecular weight excluding hydrogens is 274 g/mol. The maximum atomic E-state index is 12.0. The predicted molar refractivity (Wildman–Crippen MR) is 80.0 cm³/mol. The van der Waals surface area contributed by atoms with E-state index < -0.39 is 12.1 Å². The van der Waals surface area contributed by atoms with Crippen molar-refractivity contribution in [3.05, 3.63) is 35.2 Å². The summed E-state index contributed by atoms with van der Waals surface area (Å²) < 4.78 is 6.21. The molecule has 20 heavy (non-hydrogen) atoms. The zero-order chi connectivity index (χ0) is 14.7. The van der Waals surface area contributed by atoms with Gasteiger partial charge < -0.3 is 10.1 Å². The highest BCUT2D eigenvalue weighted by Crippen LogP contribution is 2.26. The van der Waals surface area contributed by atoms with Gasteiger partial charge in [0.2, 0.25) is 0 Å². The molecule has 0 bridgehead atoms. The van der Waals surface area contributed by atoms with Crippen LogP contribution < -0.4 is 5.32 Å². The number of hydrogen-bond donors (Lipinski definition) is 1. The number of nitrogens with one attached hydrogen (secondary N) is 1. The molecule has 4 nitrogen and oxygen atoms in total. The summed E-state index contributed by atoms with van der Waals surface area (Å²) in [6, 6.07) is 9.54. The summed E-state index contributed by atoms with van der Waals surface area (Å²) in [6.07, 6.45) is -0.796. The average Bonchev–Trinajstić information content (AvgIpc) is 2.81. The Bertz CT molecular complexity index is 600. The third kappa shape index (κ3) is 3.36. The Balaban J connectivity index is 2.06. The molecule has 1 aromatic heterocycles. The second-order valence-electron chi connectivity index (χ2n) is 4.86. The van der Waals surface area contributed by atoms with E-state index in [2.05, 4.69) is 5.32 Å². The Morgan fingerprint density at radius 1 is 1.20 bits per heavy atom. The van der Waals surface area contributed by atoms with Gasteiger partial charge in [-0.3, -0.25) is 4.79 Å². The van der Waals surface area contributed by atoms with Gasteiger partial charge in [0, 0.05) is 10.7 Å². The topological polar surface area (TPSA) is 55.4 Å². The van der Waals surface area contributed by atoms with Crippen molar-refractivity contribution < 1.29 is 14.3 Å². The molecule has 1 N–H and O–H groups in total. The number of rotatable bonds is 4. The van der Waals surface area contributed by atoms with Crippen LogP contribution in [0.5, 0.6) is 0 Å². The van der Waals surface area contributed by atoms with Crippen molar-refractivity contribution in [1.29, 1.82) is 0 Å². The van der Waals surface area contributed by atoms with Gasteiger partial charge in [0.25, 0.3) is 5.91 Å². The predicted octanol–water partition coefficient (Wildman–Crippen LogP) is 2.97. The minimum absolute atomic E-state index is 0.0213. The van der Waals surface area contributed by atoms with E-state index in [1.54, 1.807) is 13.0 Å². The van der Waals surface area contributed by atoms with Crippen molar-refractivity contribution in [1.82, 2.24) is 5.32 Å². The van der Waals surface area contributed by atoms with Crippen LogP contribution in [0.4, 0.5) is 0 Å². The monoisotopic (exact) mass is 291 g/mol. The van der Waals surface area contributed by atoms with Crippen LogP contribution in [-0.2, 0) is 9.53 Å². The van der Waals surface area contributed by atoms with Gasteiger partial charge in [-0.2, -0.15) is 0 Å². The molecule has 1 aromatic carbocycles. The Kier molecular flexibility index (Phi) is 4.39. The minimum Gasteiger partial charge on any atom is -0.448 e. The van der Waals surface area contributed by atoms with Crippen LogP contribution in [0.2, 0.25) is 0 Å². The van der Waals surface area contributed by atoms with E-state index in [1.165, 1.54) is 11.3 Å². The molecule has 0 aliphatic carbocycles. The Morgan fingerprint density at radius 2 is 1.90 bits per heavy atom. The fraction of sp³-hybridized carbons (Fsp3) is 0.333. The maximum absolute atomic E-state index is 12.0. The largest absolute Gasteiger partial charge is 0.448 e. The van der Waals surface area contributed by atoms with Crippen LogP contribution in [0.3, 0.4) is 0 Å². The first-order valence-corrected chi connectivity index (χ1v) is 7.29. The Labute approximate surface area is 121 Å². The third-order valence-electron chi connectivity index (χ3n) is 2.71. The second kappa shape index (κ2) is 6.05. The number of benzene rings is 1. The first kappa shape index (κ1) is 14.5. The number of fused-ring (bicyclic) bond motifs is 1. The third-order valence-corrected chi connectivity index (χ3v) is 3.81. The molecule has 106 valence electrons. The van der Waals surface area contributed by atoms with E-state index in [0.29, 0.717) is 4.88 Å². The molecule has 1 heterocycles. The fourth-order valence-electron chi connectivity index (χ4n) is 1.76. The Hall–Kier alpha value is -1.88. The number of hydrogen-bond acceptors (Lipinski definition) is 4. The summed E-state index contributed by atoms with van der Waals surface area (Å²) in [4.78, 5) is 24.2. The first-order chi connectivity index (χ1) is 9.47. The van der Waals surface area contributed by atoms with E-state index in [0.717, 1.165) is 10.1 Å². The molecular formula is C15H17NO3S. The van der Waals surface area contributed by atoms with Crippen molar-refractivity contribution in [3.63, 3.8) is 0 Å². The summed E-state index contributed by atoms with van der Waals surface area (Å²) in [5, 5.41) is 3.72. The standard InChI is InChI=1S/C15H17NO3S/c1-9(2)16-14(17)10(3)19-15(18)13-8-11-6-4-5-7-12(11)20-13/h4-10H,1-3H3,(H,16,17)/t10-/m1/s1. The number of esters is 1. The van der Waals surface area contributed by atoms with Gasteiger partial charge in [-0.05, 0) is 38.3 Å². The SMILES string of the molecule is CC(C)NC(=O)[C@@H](C)OC(=O)c1cc2ccccc2s1. The maximum Gasteiger partial charge on any atom is 0.349 e. The van der Waals surface area contributed by atoms with Crippen LogP contribution >= 0.6 is 11.3 Å². The molecule has 0 radical (unpaired) electrons. The highest BCUT2D eigenvalue weighted by molar-refractivity contribution is 7.20. The van der Waals surface area contributed by atoms with Crippen molar-refractivity contribution in [3.8, 4) is 0 Å². The van der Waals surface area contributed by atoms with E-state index in [9.17, 15) is 9.59 Å². The lowest BCUT2D eigenvalue weighted by Crippen LogP contribution is -2.39. The molecule has 0 saturated heterocycles. The van der Waals surface area contributed by atoms with Gasteiger partial charge in [-0.1, -0.05) is 18.2 Å². The molecule has 0 saturated carbocycles. The van der Waals surface area contributed by atoms with E-state index in [4.69, 9.17) is 4.74 Å². The minimum atomic E-state index is -0.796. The van der Waals surface area contributed by atoms with Crippen LogP contribution in [-0.4, -0.2) is 24.0 Å². The van der Waals surface area contributed by atoms with Gasteiger partial charge in [-0.25, -0.2) is 4.79 Å². The number of carbonyl (C=O) groups excluding carboxylic acids is 2. The van der Waals surface area contributed by atoms with Crippen LogP contribution in [0, 0.1) is 0 Å². The smallest absolute Gasteiger partial charge is 0.349 e. The average molecular weight is 291 g/mol. The number of thiophene rings is 1. The molecule has 1 amide bonds. The van der Waals surface area contributed by atoms with E-state index in [1.807, 2.05) is 38.1 Å². The van der Waals surface area contributed by atoms with Crippen molar-refractivity contribution in [2.24, 2.45) is 0 Å². The van der Waals surface area contributed by atoms with Crippen molar-refractivity contribution in [2.45, 2.75) is 32.9 Å². The summed E-state index contributed by atoms with van der Waals surface area (Å²) in [5.41, 5.74) is 0. The number of carbonyl (C=O) groups is 2. The number of ether oxygens (including phenoxy) is 1. The summed E-state index contributed by atoms with van der Waals surface area (Å²) in [5.74, 6) is -0.743. The molecule has 0 aliphatic heterocycles. The van der Waals surface area contributed by atoms with Crippen LogP contribution in [0.15, 0.2) is 30.3 Å². The molecule has 5 heteroatoms. The highest BCUT2D eigenvalue weighted by Gasteiger charge is 2.20. The fourth-order valence-corrected chi connectivity index (χ4v) is 2.70. The van der Waals surface area contributed by atoms with Crippen LogP contribution in [0.1, 0.15) is 30.4 Å². The van der Waals surface area contributed by atoms with Gasteiger partial charge in [-0.15, -0.1) is 11.3 Å². The van der Waals surface area contributed by atoms with Gasteiger partial charge >= 0.3 is 5.97 Å². The Morgan fingerprint density at radius 3 is 2.55 bits per heavy atom. The molecule has 0 unspecified atom stereocenters. The van der Waals surface area contributed by atoms with Crippen molar-refractivity contribution >= 4 is 33.3 Å².